The van der Waals surface area contributed by atoms with Crippen LogP contribution in [-0.2, 0) is 22.6 Å². The predicted octanol–water partition coefficient (Wildman–Crippen LogP) is 5.79. The number of benzene rings is 4. The van der Waals surface area contributed by atoms with Crippen molar-refractivity contribution in [3.05, 3.63) is 132 Å². The Morgan fingerprint density at radius 1 is 0.806 bits per heavy atom. The van der Waals surface area contributed by atoms with Gasteiger partial charge in [0.25, 0.3) is 5.91 Å². The minimum absolute atomic E-state index is 0.126. The number of carbonyl (C=O) groups is 2. The number of amides is 2. The van der Waals surface area contributed by atoms with Crippen molar-refractivity contribution >= 4 is 17.5 Å². The SMILES string of the molecule is COc1ccc(NC(=O)C(c2ccc(F)cc2)N(Cc2ccccc2)C(=O)Cc2ccccc2)cc1. The van der Waals surface area contributed by atoms with Gasteiger partial charge in [-0.25, -0.2) is 4.39 Å². The zero-order valence-electron chi connectivity index (χ0n) is 19.9. The van der Waals surface area contributed by atoms with Crippen LogP contribution < -0.4 is 10.1 Å². The van der Waals surface area contributed by atoms with Gasteiger partial charge in [-0.15, -0.1) is 0 Å². The zero-order valence-corrected chi connectivity index (χ0v) is 19.9. The van der Waals surface area contributed by atoms with E-state index in [1.54, 1.807) is 48.4 Å². The Morgan fingerprint density at radius 2 is 1.39 bits per heavy atom. The first kappa shape index (κ1) is 24.7. The average Bonchev–Trinajstić information content (AvgIpc) is 2.91. The van der Waals surface area contributed by atoms with Gasteiger partial charge in [-0.2, -0.15) is 0 Å². The molecule has 1 atom stereocenters. The van der Waals surface area contributed by atoms with Gasteiger partial charge in [-0.3, -0.25) is 9.59 Å². The van der Waals surface area contributed by atoms with E-state index in [9.17, 15) is 14.0 Å². The van der Waals surface area contributed by atoms with Crippen LogP contribution in [0.15, 0.2) is 109 Å². The molecule has 6 heteroatoms. The third kappa shape index (κ3) is 6.36. The summed E-state index contributed by atoms with van der Waals surface area (Å²) in [4.78, 5) is 29.0. The molecule has 4 aromatic carbocycles. The second kappa shape index (κ2) is 11.8. The molecule has 0 bridgehead atoms. The molecule has 4 rings (SSSR count). The number of anilines is 1. The topological polar surface area (TPSA) is 58.6 Å². The Hall–Kier alpha value is -4.45. The molecule has 4 aromatic rings. The molecular formula is C30H27FN2O3. The molecule has 1 N–H and O–H groups in total. The van der Waals surface area contributed by atoms with Crippen LogP contribution in [0, 0.1) is 5.82 Å². The van der Waals surface area contributed by atoms with E-state index >= 15 is 0 Å². The van der Waals surface area contributed by atoms with Gasteiger partial charge in [-0.05, 0) is 53.1 Å². The molecular weight excluding hydrogens is 455 g/mol. The first-order chi connectivity index (χ1) is 17.5. The number of methoxy groups -OCH3 is 1. The van der Waals surface area contributed by atoms with Crippen LogP contribution >= 0.6 is 0 Å². The number of ether oxygens (including phenoxy) is 1. The Balaban J connectivity index is 1.71. The maximum Gasteiger partial charge on any atom is 0.251 e. The molecule has 0 saturated carbocycles. The van der Waals surface area contributed by atoms with Gasteiger partial charge in [-0.1, -0.05) is 72.8 Å². The first-order valence-corrected chi connectivity index (χ1v) is 11.6. The average molecular weight is 483 g/mol. The highest BCUT2D eigenvalue weighted by Gasteiger charge is 2.32. The lowest BCUT2D eigenvalue weighted by molar-refractivity contribution is -0.139. The van der Waals surface area contributed by atoms with Gasteiger partial charge in [0.15, 0.2) is 0 Å². The second-order valence-electron chi connectivity index (χ2n) is 8.34. The minimum atomic E-state index is -0.982. The van der Waals surface area contributed by atoms with E-state index in [1.165, 1.54) is 12.1 Å². The maximum absolute atomic E-state index is 13.8. The van der Waals surface area contributed by atoms with Gasteiger partial charge >= 0.3 is 0 Å². The molecule has 0 aliphatic rings. The quantitative estimate of drug-likeness (QED) is 0.329. The molecule has 0 heterocycles. The molecule has 36 heavy (non-hydrogen) atoms. The van der Waals surface area contributed by atoms with E-state index in [-0.39, 0.29) is 18.9 Å². The van der Waals surface area contributed by atoms with E-state index in [1.807, 2.05) is 60.7 Å². The summed E-state index contributed by atoms with van der Waals surface area (Å²) in [6, 6.07) is 30.5. The van der Waals surface area contributed by atoms with Crippen molar-refractivity contribution in [1.82, 2.24) is 4.90 Å². The number of carbonyl (C=O) groups excluding carboxylic acids is 2. The summed E-state index contributed by atoms with van der Waals surface area (Å²) >= 11 is 0. The third-order valence-electron chi connectivity index (χ3n) is 5.82. The van der Waals surface area contributed by atoms with E-state index in [4.69, 9.17) is 4.74 Å². The van der Waals surface area contributed by atoms with Crippen LogP contribution in [0.1, 0.15) is 22.7 Å². The van der Waals surface area contributed by atoms with Crippen LogP contribution in [0.4, 0.5) is 10.1 Å². The third-order valence-corrected chi connectivity index (χ3v) is 5.82. The molecule has 0 aromatic heterocycles. The fraction of sp³-hybridized carbons (Fsp3) is 0.133. The van der Waals surface area contributed by atoms with E-state index in [0.29, 0.717) is 17.0 Å². The summed E-state index contributed by atoms with van der Waals surface area (Å²) in [5, 5.41) is 2.91. The van der Waals surface area contributed by atoms with Gasteiger partial charge in [0.1, 0.15) is 17.6 Å². The fourth-order valence-corrected chi connectivity index (χ4v) is 3.98. The standard InChI is InChI=1S/C30H27FN2O3/c1-36-27-18-16-26(17-19-27)32-30(35)29(24-12-14-25(31)15-13-24)33(21-23-10-6-3-7-11-23)28(34)20-22-8-4-2-5-9-22/h2-19,29H,20-21H2,1H3,(H,32,35). The Morgan fingerprint density at radius 3 is 1.97 bits per heavy atom. The van der Waals surface area contributed by atoms with Crippen molar-refractivity contribution in [3.8, 4) is 5.75 Å². The number of rotatable bonds is 9. The number of hydrogen-bond donors (Lipinski definition) is 1. The first-order valence-electron chi connectivity index (χ1n) is 11.6. The molecule has 0 radical (unpaired) electrons. The van der Waals surface area contributed by atoms with Crippen molar-refractivity contribution in [2.24, 2.45) is 0 Å². The van der Waals surface area contributed by atoms with Crippen molar-refractivity contribution in [3.63, 3.8) is 0 Å². The highest BCUT2D eigenvalue weighted by Crippen LogP contribution is 2.27. The monoisotopic (exact) mass is 482 g/mol. The van der Waals surface area contributed by atoms with Crippen LogP contribution in [0.2, 0.25) is 0 Å². The molecule has 0 aliphatic heterocycles. The highest BCUT2D eigenvalue weighted by atomic mass is 19.1. The summed E-state index contributed by atoms with van der Waals surface area (Å²) in [5.41, 5.74) is 2.79. The number of nitrogens with zero attached hydrogens (tertiary/aromatic N) is 1. The number of hydrogen-bond acceptors (Lipinski definition) is 3. The van der Waals surface area contributed by atoms with Crippen LogP contribution in [0.5, 0.6) is 5.75 Å². The Bertz CT molecular complexity index is 1280. The summed E-state index contributed by atoms with van der Waals surface area (Å²) in [7, 11) is 1.57. The van der Waals surface area contributed by atoms with Gasteiger partial charge in [0.2, 0.25) is 5.91 Å². The molecule has 2 amide bonds. The van der Waals surface area contributed by atoms with E-state index in [0.717, 1.165) is 11.1 Å². The van der Waals surface area contributed by atoms with Crippen molar-refractivity contribution < 1.29 is 18.7 Å². The summed E-state index contributed by atoms with van der Waals surface area (Å²) in [6.45, 7) is 0.213. The lowest BCUT2D eigenvalue weighted by Gasteiger charge is -2.32. The van der Waals surface area contributed by atoms with Crippen LogP contribution in [0.25, 0.3) is 0 Å². The number of halogens is 1. The lowest BCUT2D eigenvalue weighted by atomic mass is 10.0. The van der Waals surface area contributed by atoms with E-state index < -0.39 is 17.8 Å². The van der Waals surface area contributed by atoms with Crippen LogP contribution in [-0.4, -0.2) is 23.8 Å². The molecule has 182 valence electrons. The molecule has 0 saturated heterocycles. The maximum atomic E-state index is 13.8. The smallest absolute Gasteiger partial charge is 0.251 e. The lowest BCUT2D eigenvalue weighted by Crippen LogP contribution is -2.41. The van der Waals surface area contributed by atoms with Crippen LogP contribution in [0.3, 0.4) is 0 Å². The molecule has 1 unspecified atom stereocenters. The summed E-state index contributed by atoms with van der Waals surface area (Å²) < 4.78 is 19.0. The number of nitrogens with one attached hydrogen (secondary N) is 1. The highest BCUT2D eigenvalue weighted by molar-refractivity contribution is 5.98. The summed E-state index contributed by atoms with van der Waals surface area (Å²) in [5.74, 6) is -0.376. The zero-order chi connectivity index (χ0) is 25.3. The molecule has 0 fully saturated rings. The second-order valence-corrected chi connectivity index (χ2v) is 8.34. The van der Waals surface area contributed by atoms with Gasteiger partial charge < -0.3 is 15.0 Å². The van der Waals surface area contributed by atoms with Crippen molar-refractivity contribution in [2.75, 3.05) is 12.4 Å². The molecule has 0 spiro atoms. The minimum Gasteiger partial charge on any atom is -0.497 e. The Kier molecular flexibility index (Phi) is 8.08. The Labute approximate surface area is 210 Å². The van der Waals surface area contributed by atoms with Crippen molar-refractivity contribution in [2.45, 2.75) is 19.0 Å². The normalized spacial score (nSPS) is 11.4. The van der Waals surface area contributed by atoms with E-state index in [2.05, 4.69) is 5.32 Å². The predicted molar refractivity (Wildman–Crippen MR) is 138 cm³/mol. The molecule has 0 aliphatic carbocycles. The van der Waals surface area contributed by atoms with Gasteiger partial charge in [0, 0.05) is 12.2 Å². The largest absolute Gasteiger partial charge is 0.497 e. The van der Waals surface area contributed by atoms with Crippen molar-refractivity contribution in [1.29, 1.82) is 0 Å². The van der Waals surface area contributed by atoms with Gasteiger partial charge in [0.05, 0.1) is 13.5 Å². The molecule has 5 nitrogen and oxygen atoms in total. The fourth-order valence-electron chi connectivity index (χ4n) is 3.98. The summed E-state index contributed by atoms with van der Waals surface area (Å²) in [6.07, 6.45) is 0.126.